The average molecular weight is 251 g/mol. The van der Waals surface area contributed by atoms with Gasteiger partial charge in [0.05, 0.1) is 0 Å². The van der Waals surface area contributed by atoms with Gasteiger partial charge in [-0.2, -0.15) is 0 Å². The molecule has 0 aliphatic rings. The van der Waals surface area contributed by atoms with E-state index in [9.17, 15) is 4.39 Å². The van der Waals surface area contributed by atoms with Crippen LogP contribution in [-0.4, -0.2) is 6.54 Å². The normalized spacial score (nSPS) is 14.6. The van der Waals surface area contributed by atoms with E-state index in [2.05, 4.69) is 26.1 Å². The van der Waals surface area contributed by atoms with E-state index in [1.807, 2.05) is 13.8 Å². The number of benzene rings is 1. The van der Waals surface area contributed by atoms with Gasteiger partial charge in [0.1, 0.15) is 5.82 Å². The van der Waals surface area contributed by atoms with Crippen LogP contribution >= 0.6 is 0 Å². The lowest BCUT2D eigenvalue weighted by molar-refractivity contribution is 0.374. The van der Waals surface area contributed by atoms with E-state index in [0.29, 0.717) is 12.0 Å². The number of hydrogen-bond donors (Lipinski definition) is 1. The van der Waals surface area contributed by atoms with Crippen molar-refractivity contribution >= 4 is 0 Å². The molecular formula is C16H26FN. The topological polar surface area (TPSA) is 12.0 Å². The molecule has 0 bridgehead atoms. The summed E-state index contributed by atoms with van der Waals surface area (Å²) >= 11 is 0. The maximum atomic E-state index is 13.4. The predicted octanol–water partition coefficient (Wildman–Crippen LogP) is 4.53. The van der Waals surface area contributed by atoms with Crippen molar-refractivity contribution in [3.05, 3.63) is 34.6 Å². The van der Waals surface area contributed by atoms with Gasteiger partial charge in [-0.25, -0.2) is 4.39 Å². The van der Waals surface area contributed by atoms with E-state index >= 15 is 0 Å². The van der Waals surface area contributed by atoms with Gasteiger partial charge in [0.25, 0.3) is 0 Å². The molecule has 102 valence electrons. The molecule has 1 aromatic carbocycles. The summed E-state index contributed by atoms with van der Waals surface area (Å²) in [5, 5.41) is 3.62. The van der Waals surface area contributed by atoms with Crippen LogP contribution in [0.4, 0.5) is 4.39 Å². The van der Waals surface area contributed by atoms with Crippen molar-refractivity contribution in [2.24, 2.45) is 5.92 Å². The molecule has 0 fully saturated rings. The quantitative estimate of drug-likeness (QED) is 0.783. The van der Waals surface area contributed by atoms with Gasteiger partial charge in [0.15, 0.2) is 0 Å². The minimum absolute atomic E-state index is 0.132. The van der Waals surface area contributed by atoms with E-state index in [1.165, 1.54) is 5.56 Å². The molecule has 0 saturated heterocycles. The summed E-state index contributed by atoms with van der Waals surface area (Å²) in [6, 6.07) is 3.62. The molecule has 0 saturated carbocycles. The van der Waals surface area contributed by atoms with Crippen LogP contribution in [0.2, 0.25) is 0 Å². The second-order valence-electron chi connectivity index (χ2n) is 5.27. The van der Waals surface area contributed by atoms with Crippen molar-refractivity contribution in [1.82, 2.24) is 5.32 Å². The summed E-state index contributed by atoms with van der Waals surface area (Å²) in [6.07, 6.45) is 2.24. The van der Waals surface area contributed by atoms with Crippen LogP contribution in [0.25, 0.3) is 0 Å². The largest absolute Gasteiger partial charge is 0.310 e. The third kappa shape index (κ3) is 3.55. The molecule has 0 aliphatic carbocycles. The molecule has 2 heteroatoms. The van der Waals surface area contributed by atoms with E-state index in [-0.39, 0.29) is 5.82 Å². The van der Waals surface area contributed by atoms with Gasteiger partial charge in [0.2, 0.25) is 0 Å². The first-order chi connectivity index (χ1) is 8.51. The van der Waals surface area contributed by atoms with Crippen molar-refractivity contribution in [3.8, 4) is 0 Å². The Labute approximate surface area is 111 Å². The second kappa shape index (κ2) is 6.89. The maximum absolute atomic E-state index is 13.4. The minimum atomic E-state index is -0.132. The lowest BCUT2D eigenvalue weighted by atomic mass is 9.87. The third-order valence-electron chi connectivity index (χ3n) is 3.70. The fraction of sp³-hybridized carbons (Fsp3) is 0.625. The first-order valence-corrected chi connectivity index (χ1v) is 7.01. The van der Waals surface area contributed by atoms with Gasteiger partial charge >= 0.3 is 0 Å². The predicted molar refractivity (Wildman–Crippen MR) is 76.4 cm³/mol. The Morgan fingerprint density at radius 2 is 1.72 bits per heavy atom. The van der Waals surface area contributed by atoms with Gasteiger partial charge in [-0.05, 0) is 61.6 Å². The molecular weight excluding hydrogens is 225 g/mol. The lowest BCUT2D eigenvalue weighted by Crippen LogP contribution is -2.29. The zero-order valence-electron chi connectivity index (χ0n) is 12.3. The van der Waals surface area contributed by atoms with Crippen molar-refractivity contribution < 1.29 is 4.39 Å². The zero-order chi connectivity index (χ0) is 13.7. The fourth-order valence-corrected chi connectivity index (χ4v) is 2.54. The standard InChI is InChI=1S/C16H26FN/c1-6-8-18-16(11(3)7-2)15-12(4)9-14(17)10-13(15)5/h9-11,16,18H,6-8H2,1-5H3. The highest BCUT2D eigenvalue weighted by molar-refractivity contribution is 5.37. The SMILES string of the molecule is CCCNC(c1c(C)cc(F)cc1C)C(C)CC. The highest BCUT2D eigenvalue weighted by Gasteiger charge is 2.21. The van der Waals surface area contributed by atoms with Gasteiger partial charge in [0, 0.05) is 6.04 Å². The van der Waals surface area contributed by atoms with Crippen LogP contribution < -0.4 is 5.32 Å². The Morgan fingerprint density at radius 3 is 2.17 bits per heavy atom. The summed E-state index contributed by atoms with van der Waals surface area (Å²) in [6.45, 7) is 11.7. The molecule has 1 N–H and O–H groups in total. The highest BCUT2D eigenvalue weighted by atomic mass is 19.1. The number of nitrogens with one attached hydrogen (secondary N) is 1. The van der Waals surface area contributed by atoms with E-state index in [4.69, 9.17) is 0 Å². The van der Waals surface area contributed by atoms with Crippen molar-refractivity contribution in [1.29, 1.82) is 0 Å². The first-order valence-electron chi connectivity index (χ1n) is 7.01. The Kier molecular flexibility index (Phi) is 5.80. The summed E-state index contributed by atoms with van der Waals surface area (Å²) in [4.78, 5) is 0. The molecule has 1 rings (SSSR count). The Morgan fingerprint density at radius 1 is 1.17 bits per heavy atom. The molecule has 0 aliphatic heterocycles. The molecule has 0 heterocycles. The number of halogens is 1. The molecule has 1 nitrogen and oxygen atoms in total. The number of aryl methyl sites for hydroxylation is 2. The van der Waals surface area contributed by atoms with Crippen LogP contribution in [0.15, 0.2) is 12.1 Å². The first kappa shape index (κ1) is 15.2. The number of hydrogen-bond acceptors (Lipinski definition) is 1. The fourth-order valence-electron chi connectivity index (χ4n) is 2.54. The van der Waals surface area contributed by atoms with Gasteiger partial charge in [-0.1, -0.05) is 27.2 Å². The van der Waals surface area contributed by atoms with Crippen LogP contribution in [0.3, 0.4) is 0 Å². The minimum Gasteiger partial charge on any atom is -0.310 e. The molecule has 0 radical (unpaired) electrons. The second-order valence-corrected chi connectivity index (χ2v) is 5.27. The maximum Gasteiger partial charge on any atom is 0.123 e. The van der Waals surface area contributed by atoms with Crippen LogP contribution in [0, 0.1) is 25.6 Å². The van der Waals surface area contributed by atoms with E-state index in [1.54, 1.807) is 12.1 Å². The van der Waals surface area contributed by atoms with Gasteiger partial charge in [-0.15, -0.1) is 0 Å². The zero-order valence-corrected chi connectivity index (χ0v) is 12.3. The monoisotopic (exact) mass is 251 g/mol. The Hall–Kier alpha value is -0.890. The van der Waals surface area contributed by atoms with Gasteiger partial charge in [-0.3, -0.25) is 0 Å². The highest BCUT2D eigenvalue weighted by Crippen LogP contribution is 2.30. The Bertz CT molecular complexity index is 364. The molecule has 2 atom stereocenters. The van der Waals surface area contributed by atoms with Crippen molar-refractivity contribution in [2.45, 2.75) is 53.5 Å². The number of rotatable bonds is 6. The van der Waals surface area contributed by atoms with Crippen molar-refractivity contribution in [2.75, 3.05) is 6.54 Å². The summed E-state index contributed by atoms with van der Waals surface area (Å²) in [5.41, 5.74) is 3.39. The third-order valence-corrected chi connectivity index (χ3v) is 3.70. The Balaban J connectivity index is 3.11. The van der Waals surface area contributed by atoms with E-state index in [0.717, 1.165) is 30.5 Å². The smallest absolute Gasteiger partial charge is 0.123 e. The van der Waals surface area contributed by atoms with Crippen molar-refractivity contribution in [3.63, 3.8) is 0 Å². The summed E-state index contributed by atoms with van der Waals surface area (Å²) < 4.78 is 13.4. The van der Waals surface area contributed by atoms with E-state index < -0.39 is 0 Å². The van der Waals surface area contributed by atoms with Crippen LogP contribution in [-0.2, 0) is 0 Å². The van der Waals surface area contributed by atoms with Crippen LogP contribution in [0.5, 0.6) is 0 Å². The molecule has 1 aromatic rings. The molecule has 18 heavy (non-hydrogen) atoms. The summed E-state index contributed by atoms with van der Waals surface area (Å²) in [5.74, 6) is 0.423. The summed E-state index contributed by atoms with van der Waals surface area (Å²) in [7, 11) is 0. The molecule has 0 aromatic heterocycles. The van der Waals surface area contributed by atoms with Crippen LogP contribution in [0.1, 0.15) is 56.3 Å². The molecule has 0 spiro atoms. The lowest BCUT2D eigenvalue weighted by Gasteiger charge is -2.28. The van der Waals surface area contributed by atoms with Gasteiger partial charge < -0.3 is 5.32 Å². The molecule has 2 unspecified atom stereocenters. The molecule has 0 amide bonds. The average Bonchev–Trinajstić information content (AvgIpc) is 2.31.